The lowest BCUT2D eigenvalue weighted by Crippen LogP contribution is -1.94. The quantitative estimate of drug-likeness (QED) is 0.864. The lowest BCUT2D eigenvalue weighted by atomic mass is 9.93. The van der Waals surface area contributed by atoms with E-state index < -0.39 is 0 Å². The molecule has 3 nitrogen and oxygen atoms in total. The molecule has 90 valence electrons. The molecule has 17 heavy (non-hydrogen) atoms. The van der Waals surface area contributed by atoms with E-state index in [4.69, 9.17) is 9.63 Å². The predicted molar refractivity (Wildman–Crippen MR) is 66.8 cm³/mol. The van der Waals surface area contributed by atoms with Crippen LogP contribution < -0.4 is 0 Å². The molecule has 1 heterocycles. The molecule has 0 spiro atoms. The smallest absolute Gasteiger partial charge is 0.167 e. The van der Waals surface area contributed by atoms with Crippen molar-refractivity contribution in [2.45, 2.75) is 34.3 Å². The van der Waals surface area contributed by atoms with Gasteiger partial charge in [-0.1, -0.05) is 11.2 Å². The Morgan fingerprint density at radius 3 is 2.12 bits per heavy atom. The summed E-state index contributed by atoms with van der Waals surface area (Å²) in [6.45, 7) is 8.26. The van der Waals surface area contributed by atoms with Crippen LogP contribution in [0.1, 0.15) is 27.9 Å². The maximum atomic E-state index is 9.02. The Kier molecular flexibility index (Phi) is 3.03. The molecule has 0 aliphatic rings. The summed E-state index contributed by atoms with van der Waals surface area (Å²) in [5.41, 5.74) is 6.55. The molecule has 0 atom stereocenters. The van der Waals surface area contributed by atoms with Crippen molar-refractivity contribution in [3.63, 3.8) is 0 Å². The first-order valence-corrected chi connectivity index (χ1v) is 5.68. The van der Waals surface area contributed by atoms with Gasteiger partial charge in [-0.15, -0.1) is 0 Å². The monoisotopic (exact) mass is 231 g/mol. The molecule has 0 bridgehead atoms. The fourth-order valence-electron chi connectivity index (χ4n) is 2.09. The van der Waals surface area contributed by atoms with Crippen molar-refractivity contribution in [2.75, 3.05) is 0 Å². The third-order valence-electron chi connectivity index (χ3n) is 3.33. The number of aryl methyl sites for hydroxylation is 2. The summed E-state index contributed by atoms with van der Waals surface area (Å²) >= 11 is 0. The third-order valence-corrected chi connectivity index (χ3v) is 3.33. The summed E-state index contributed by atoms with van der Waals surface area (Å²) in [6.07, 6.45) is 0. The fourth-order valence-corrected chi connectivity index (χ4v) is 2.09. The lowest BCUT2D eigenvalue weighted by Gasteiger charge is -2.12. The molecule has 1 aromatic carbocycles. The third kappa shape index (κ3) is 1.98. The first kappa shape index (κ1) is 11.9. The Labute approximate surface area is 101 Å². The maximum absolute atomic E-state index is 9.02. The van der Waals surface area contributed by atoms with Gasteiger partial charge in [0.2, 0.25) is 0 Å². The van der Waals surface area contributed by atoms with E-state index in [2.05, 4.69) is 38.9 Å². The van der Waals surface area contributed by atoms with Gasteiger partial charge in [-0.05, 0) is 49.9 Å². The molecule has 1 aromatic heterocycles. The van der Waals surface area contributed by atoms with Gasteiger partial charge in [-0.2, -0.15) is 0 Å². The SMILES string of the molecule is Cc1cc(C)c(C)c(-c2cc(CO)no2)c1C. The van der Waals surface area contributed by atoms with Gasteiger partial charge in [0.05, 0.1) is 6.61 Å². The maximum Gasteiger partial charge on any atom is 0.167 e. The molecule has 0 aliphatic carbocycles. The van der Waals surface area contributed by atoms with Gasteiger partial charge >= 0.3 is 0 Å². The fraction of sp³-hybridized carbons (Fsp3) is 0.357. The second kappa shape index (κ2) is 4.34. The molecule has 0 unspecified atom stereocenters. The summed E-state index contributed by atoms with van der Waals surface area (Å²) in [6, 6.07) is 3.98. The standard InChI is InChI=1S/C14H17NO2/c1-8-5-9(2)11(4)14(10(8)3)13-6-12(7-16)15-17-13/h5-6,16H,7H2,1-4H3. The van der Waals surface area contributed by atoms with Crippen molar-refractivity contribution in [2.24, 2.45) is 0 Å². The van der Waals surface area contributed by atoms with Crippen LogP contribution in [0.3, 0.4) is 0 Å². The number of benzene rings is 1. The van der Waals surface area contributed by atoms with E-state index in [1.54, 1.807) is 6.07 Å². The number of aliphatic hydroxyl groups is 1. The van der Waals surface area contributed by atoms with Gasteiger partial charge < -0.3 is 9.63 Å². The van der Waals surface area contributed by atoms with Crippen LogP contribution in [-0.4, -0.2) is 10.3 Å². The van der Waals surface area contributed by atoms with Crippen molar-refractivity contribution in [1.82, 2.24) is 5.16 Å². The van der Waals surface area contributed by atoms with Crippen molar-refractivity contribution in [3.05, 3.63) is 40.1 Å². The van der Waals surface area contributed by atoms with E-state index in [1.165, 1.54) is 22.3 Å². The van der Waals surface area contributed by atoms with Crippen molar-refractivity contribution in [3.8, 4) is 11.3 Å². The zero-order valence-corrected chi connectivity index (χ0v) is 10.7. The minimum atomic E-state index is -0.0909. The summed E-state index contributed by atoms with van der Waals surface area (Å²) < 4.78 is 5.30. The van der Waals surface area contributed by atoms with Gasteiger partial charge in [-0.3, -0.25) is 0 Å². The van der Waals surface area contributed by atoms with Crippen molar-refractivity contribution >= 4 is 0 Å². The zero-order valence-electron chi connectivity index (χ0n) is 10.7. The Balaban J connectivity index is 2.65. The summed E-state index contributed by atoms with van der Waals surface area (Å²) in [5.74, 6) is 0.732. The molecular formula is C14H17NO2. The van der Waals surface area contributed by atoms with Gasteiger partial charge in [0.15, 0.2) is 5.76 Å². The Morgan fingerprint density at radius 2 is 1.65 bits per heavy atom. The van der Waals surface area contributed by atoms with E-state index in [1.807, 2.05) is 0 Å². The number of nitrogens with zero attached hydrogens (tertiary/aromatic N) is 1. The summed E-state index contributed by atoms with van der Waals surface area (Å²) in [7, 11) is 0. The highest BCUT2D eigenvalue weighted by molar-refractivity contribution is 5.69. The van der Waals surface area contributed by atoms with Crippen LogP contribution in [0.5, 0.6) is 0 Å². The van der Waals surface area contributed by atoms with Gasteiger partial charge in [0, 0.05) is 11.6 Å². The molecule has 2 rings (SSSR count). The molecule has 1 N–H and O–H groups in total. The van der Waals surface area contributed by atoms with E-state index >= 15 is 0 Å². The molecule has 2 aromatic rings. The number of hydrogen-bond donors (Lipinski definition) is 1. The number of hydrogen-bond acceptors (Lipinski definition) is 3. The zero-order chi connectivity index (χ0) is 12.6. The van der Waals surface area contributed by atoms with Crippen LogP contribution in [0.4, 0.5) is 0 Å². The first-order valence-electron chi connectivity index (χ1n) is 5.68. The van der Waals surface area contributed by atoms with Gasteiger partial charge in [-0.25, -0.2) is 0 Å². The number of aromatic nitrogens is 1. The Morgan fingerprint density at radius 1 is 1.06 bits per heavy atom. The average Bonchev–Trinajstić information content (AvgIpc) is 2.75. The van der Waals surface area contributed by atoms with E-state index in [9.17, 15) is 0 Å². The highest BCUT2D eigenvalue weighted by Gasteiger charge is 2.14. The van der Waals surface area contributed by atoms with Crippen molar-refractivity contribution in [1.29, 1.82) is 0 Å². The lowest BCUT2D eigenvalue weighted by molar-refractivity contribution is 0.267. The number of rotatable bonds is 2. The molecule has 0 amide bonds. The Hall–Kier alpha value is -1.61. The predicted octanol–water partition coefficient (Wildman–Crippen LogP) is 3.07. The van der Waals surface area contributed by atoms with Gasteiger partial charge in [0.1, 0.15) is 5.69 Å². The van der Waals surface area contributed by atoms with Crippen LogP contribution in [0, 0.1) is 27.7 Å². The van der Waals surface area contributed by atoms with E-state index in [-0.39, 0.29) is 6.61 Å². The molecular weight excluding hydrogens is 214 g/mol. The van der Waals surface area contributed by atoms with Crippen molar-refractivity contribution < 1.29 is 9.63 Å². The number of aliphatic hydroxyl groups excluding tert-OH is 1. The second-order valence-corrected chi connectivity index (χ2v) is 4.48. The summed E-state index contributed by atoms with van der Waals surface area (Å²) in [4.78, 5) is 0. The minimum absolute atomic E-state index is 0.0909. The molecule has 0 aliphatic heterocycles. The van der Waals surface area contributed by atoms with Crippen LogP contribution >= 0.6 is 0 Å². The highest BCUT2D eigenvalue weighted by Crippen LogP contribution is 2.31. The second-order valence-electron chi connectivity index (χ2n) is 4.48. The van der Waals surface area contributed by atoms with Gasteiger partial charge in [0.25, 0.3) is 0 Å². The average molecular weight is 231 g/mol. The van der Waals surface area contributed by atoms with Crippen LogP contribution in [0.2, 0.25) is 0 Å². The van der Waals surface area contributed by atoms with Crippen LogP contribution in [0.15, 0.2) is 16.7 Å². The van der Waals surface area contributed by atoms with E-state index in [0.29, 0.717) is 5.69 Å². The first-order chi connectivity index (χ1) is 8.04. The molecule has 0 radical (unpaired) electrons. The molecule has 0 saturated heterocycles. The Bertz CT molecular complexity index is 529. The normalized spacial score (nSPS) is 10.9. The molecule has 0 fully saturated rings. The highest BCUT2D eigenvalue weighted by atomic mass is 16.5. The molecule has 3 heteroatoms. The van der Waals surface area contributed by atoms with Crippen LogP contribution in [0.25, 0.3) is 11.3 Å². The van der Waals surface area contributed by atoms with Crippen LogP contribution in [-0.2, 0) is 6.61 Å². The largest absolute Gasteiger partial charge is 0.390 e. The summed E-state index contributed by atoms with van der Waals surface area (Å²) in [5, 5.41) is 12.9. The molecule has 0 saturated carbocycles. The topological polar surface area (TPSA) is 46.3 Å². The minimum Gasteiger partial charge on any atom is -0.390 e. The van der Waals surface area contributed by atoms with E-state index in [0.717, 1.165) is 11.3 Å².